The summed E-state index contributed by atoms with van der Waals surface area (Å²) in [5.74, 6) is 0.990. The van der Waals surface area contributed by atoms with Gasteiger partial charge in [0.1, 0.15) is 5.52 Å². The molecule has 0 spiro atoms. The van der Waals surface area contributed by atoms with Crippen LogP contribution in [0.2, 0.25) is 0 Å². The second-order valence-corrected chi connectivity index (χ2v) is 4.07. The number of hydrogen-bond donors (Lipinski definition) is 3. The maximum absolute atomic E-state index is 5.66. The van der Waals surface area contributed by atoms with Gasteiger partial charge in [0.2, 0.25) is 5.95 Å². The quantitative estimate of drug-likeness (QED) is 0.735. The Hall–Kier alpha value is -1.85. The van der Waals surface area contributed by atoms with Crippen molar-refractivity contribution in [3.05, 3.63) is 6.33 Å². The number of nitrogens with one attached hydrogen (secondary N) is 2. The third kappa shape index (κ3) is 2.46. The Morgan fingerprint density at radius 1 is 1.41 bits per heavy atom. The minimum Gasteiger partial charge on any atom is -0.368 e. The first-order chi connectivity index (χ1) is 8.24. The molecule has 2 aromatic heterocycles. The van der Waals surface area contributed by atoms with Gasteiger partial charge in [-0.2, -0.15) is 9.97 Å². The fourth-order valence-electron chi connectivity index (χ4n) is 1.87. The number of nitrogen functional groups attached to an aromatic ring is 1. The topological polar surface area (TPSA) is 92.5 Å². The average molecular weight is 234 g/mol. The van der Waals surface area contributed by atoms with Gasteiger partial charge in [-0.15, -0.1) is 0 Å². The van der Waals surface area contributed by atoms with Crippen molar-refractivity contribution in [2.75, 3.05) is 11.1 Å². The van der Waals surface area contributed by atoms with Crippen LogP contribution in [0.25, 0.3) is 11.2 Å². The number of hydrogen-bond acceptors (Lipinski definition) is 5. The van der Waals surface area contributed by atoms with E-state index in [0.717, 1.165) is 30.6 Å². The molecular weight excluding hydrogens is 216 g/mol. The minimum absolute atomic E-state index is 0.249. The molecule has 0 fully saturated rings. The van der Waals surface area contributed by atoms with Gasteiger partial charge in [0.05, 0.1) is 6.33 Å². The summed E-state index contributed by atoms with van der Waals surface area (Å²) in [6.07, 6.45) is 4.90. The van der Waals surface area contributed by atoms with E-state index in [0.29, 0.717) is 11.7 Å². The van der Waals surface area contributed by atoms with Gasteiger partial charge < -0.3 is 16.0 Å². The molecule has 17 heavy (non-hydrogen) atoms. The zero-order chi connectivity index (χ0) is 12.3. The second-order valence-electron chi connectivity index (χ2n) is 4.07. The van der Waals surface area contributed by atoms with Gasteiger partial charge >= 0.3 is 0 Å². The second kappa shape index (κ2) is 4.99. The van der Waals surface area contributed by atoms with Gasteiger partial charge in [-0.3, -0.25) is 0 Å². The molecule has 0 aliphatic carbocycles. The van der Waals surface area contributed by atoms with Crippen molar-refractivity contribution in [1.82, 2.24) is 19.9 Å². The summed E-state index contributed by atoms with van der Waals surface area (Å²) in [4.78, 5) is 15.4. The molecule has 6 nitrogen and oxygen atoms in total. The van der Waals surface area contributed by atoms with E-state index < -0.39 is 0 Å². The number of nitrogens with zero attached hydrogens (tertiary/aromatic N) is 3. The molecule has 1 unspecified atom stereocenters. The number of anilines is 2. The molecule has 0 amide bonds. The van der Waals surface area contributed by atoms with Crippen LogP contribution in [-0.2, 0) is 0 Å². The Kier molecular flexibility index (Phi) is 3.41. The van der Waals surface area contributed by atoms with E-state index in [9.17, 15) is 0 Å². The van der Waals surface area contributed by atoms with Gasteiger partial charge in [-0.05, 0) is 12.8 Å². The Morgan fingerprint density at radius 2 is 2.24 bits per heavy atom. The fraction of sp³-hybridized carbons (Fsp3) is 0.545. The molecular formula is C11H18N6. The Bertz CT molecular complexity index is 492. The molecule has 0 radical (unpaired) electrons. The summed E-state index contributed by atoms with van der Waals surface area (Å²) in [5, 5.41) is 3.40. The first kappa shape index (κ1) is 11.6. The standard InChI is InChI=1S/C11H18N6/c1-3-5-7(4-2)15-10-8-9(14-6-13-8)16-11(12)17-10/h6-7H,3-5H2,1-2H3,(H4,12,13,14,15,16,17). The Balaban J connectivity index is 2.30. The predicted molar refractivity (Wildman–Crippen MR) is 68.7 cm³/mol. The number of nitrogens with two attached hydrogens (primary N) is 1. The SMILES string of the molecule is CCCC(CC)Nc1nc(N)nc2nc[nH]c12. The molecule has 2 aromatic rings. The van der Waals surface area contributed by atoms with E-state index in [1.54, 1.807) is 6.33 Å². The summed E-state index contributed by atoms with van der Waals surface area (Å²) in [7, 11) is 0. The first-order valence-corrected chi connectivity index (χ1v) is 5.97. The molecule has 92 valence electrons. The first-order valence-electron chi connectivity index (χ1n) is 5.97. The normalized spacial score (nSPS) is 12.8. The highest BCUT2D eigenvalue weighted by molar-refractivity contribution is 5.83. The highest BCUT2D eigenvalue weighted by atomic mass is 15.1. The molecule has 2 heterocycles. The molecule has 1 atom stereocenters. The van der Waals surface area contributed by atoms with E-state index >= 15 is 0 Å². The average Bonchev–Trinajstić information content (AvgIpc) is 2.76. The van der Waals surface area contributed by atoms with Gasteiger partial charge in [0, 0.05) is 6.04 Å². The molecule has 0 saturated carbocycles. The van der Waals surface area contributed by atoms with Crippen LogP contribution in [0.4, 0.5) is 11.8 Å². The van der Waals surface area contributed by atoms with Crippen molar-refractivity contribution in [1.29, 1.82) is 0 Å². The lowest BCUT2D eigenvalue weighted by molar-refractivity contribution is 0.621. The molecule has 4 N–H and O–H groups in total. The number of aromatic amines is 1. The zero-order valence-corrected chi connectivity index (χ0v) is 10.2. The van der Waals surface area contributed by atoms with Crippen LogP contribution < -0.4 is 11.1 Å². The molecule has 0 aliphatic rings. The van der Waals surface area contributed by atoms with Crippen LogP contribution in [0.15, 0.2) is 6.33 Å². The lowest BCUT2D eigenvalue weighted by atomic mass is 10.1. The van der Waals surface area contributed by atoms with Crippen LogP contribution >= 0.6 is 0 Å². The van der Waals surface area contributed by atoms with Gasteiger partial charge in [0.15, 0.2) is 11.5 Å². The predicted octanol–water partition coefficient (Wildman–Crippen LogP) is 1.93. The van der Waals surface area contributed by atoms with Crippen LogP contribution in [0.3, 0.4) is 0 Å². The van der Waals surface area contributed by atoms with E-state index in [-0.39, 0.29) is 5.95 Å². The van der Waals surface area contributed by atoms with Crippen LogP contribution in [0.5, 0.6) is 0 Å². The third-order valence-electron chi connectivity index (χ3n) is 2.77. The third-order valence-corrected chi connectivity index (χ3v) is 2.77. The lowest BCUT2D eigenvalue weighted by Gasteiger charge is -2.16. The fourth-order valence-corrected chi connectivity index (χ4v) is 1.87. The maximum atomic E-state index is 5.66. The van der Waals surface area contributed by atoms with Crippen molar-refractivity contribution >= 4 is 22.9 Å². The molecule has 2 rings (SSSR count). The van der Waals surface area contributed by atoms with E-state index in [2.05, 4.69) is 39.1 Å². The van der Waals surface area contributed by atoms with E-state index in [1.807, 2.05) is 0 Å². The monoisotopic (exact) mass is 234 g/mol. The molecule has 0 aromatic carbocycles. The summed E-state index contributed by atoms with van der Waals surface area (Å²) in [6.45, 7) is 4.33. The summed E-state index contributed by atoms with van der Waals surface area (Å²) in [5.41, 5.74) is 7.08. The molecule has 6 heteroatoms. The largest absolute Gasteiger partial charge is 0.368 e. The maximum Gasteiger partial charge on any atom is 0.224 e. The smallest absolute Gasteiger partial charge is 0.224 e. The summed E-state index contributed by atoms with van der Waals surface area (Å²) >= 11 is 0. The van der Waals surface area contributed by atoms with Crippen molar-refractivity contribution in [3.63, 3.8) is 0 Å². The van der Waals surface area contributed by atoms with E-state index in [4.69, 9.17) is 5.73 Å². The van der Waals surface area contributed by atoms with Gasteiger partial charge in [0.25, 0.3) is 0 Å². The summed E-state index contributed by atoms with van der Waals surface area (Å²) in [6, 6.07) is 0.404. The highest BCUT2D eigenvalue weighted by Crippen LogP contribution is 2.19. The minimum atomic E-state index is 0.249. The highest BCUT2D eigenvalue weighted by Gasteiger charge is 2.12. The van der Waals surface area contributed by atoms with Crippen LogP contribution in [-0.4, -0.2) is 26.0 Å². The molecule has 0 bridgehead atoms. The van der Waals surface area contributed by atoms with E-state index in [1.165, 1.54) is 0 Å². The number of H-pyrrole nitrogens is 1. The number of imidazole rings is 1. The number of fused-ring (bicyclic) bond motifs is 1. The molecule has 0 aliphatic heterocycles. The Morgan fingerprint density at radius 3 is 2.94 bits per heavy atom. The summed E-state index contributed by atoms with van der Waals surface area (Å²) < 4.78 is 0. The van der Waals surface area contributed by atoms with Crippen LogP contribution in [0.1, 0.15) is 33.1 Å². The Labute approximate surface area is 100 Å². The lowest BCUT2D eigenvalue weighted by Crippen LogP contribution is -2.19. The van der Waals surface area contributed by atoms with Crippen molar-refractivity contribution in [2.45, 2.75) is 39.2 Å². The van der Waals surface area contributed by atoms with Gasteiger partial charge in [-0.25, -0.2) is 4.98 Å². The van der Waals surface area contributed by atoms with Crippen molar-refractivity contribution in [2.24, 2.45) is 0 Å². The number of aromatic nitrogens is 4. The van der Waals surface area contributed by atoms with Crippen LogP contribution in [0, 0.1) is 0 Å². The molecule has 0 saturated heterocycles. The van der Waals surface area contributed by atoms with Crippen molar-refractivity contribution < 1.29 is 0 Å². The van der Waals surface area contributed by atoms with Crippen molar-refractivity contribution in [3.8, 4) is 0 Å². The zero-order valence-electron chi connectivity index (χ0n) is 10.2. The number of rotatable bonds is 5. The van der Waals surface area contributed by atoms with Gasteiger partial charge in [-0.1, -0.05) is 20.3 Å².